The van der Waals surface area contributed by atoms with Crippen LogP contribution in [0.3, 0.4) is 0 Å². The Bertz CT molecular complexity index is 1010. The predicted octanol–water partition coefficient (Wildman–Crippen LogP) is 1.49. The Labute approximate surface area is 188 Å². The van der Waals surface area contributed by atoms with Crippen LogP contribution in [0, 0.1) is 0 Å². The first-order chi connectivity index (χ1) is 15.6. The van der Waals surface area contributed by atoms with Crippen molar-refractivity contribution in [3.63, 3.8) is 0 Å². The molecular weight excluding hydrogens is 406 g/mol. The Morgan fingerprint density at radius 2 is 1.81 bits per heavy atom. The molecule has 0 unspecified atom stereocenters. The van der Waals surface area contributed by atoms with Gasteiger partial charge in [0.1, 0.15) is 0 Å². The molecule has 1 amide bonds. The summed E-state index contributed by atoms with van der Waals surface area (Å²) in [5.74, 6) is 1.81. The summed E-state index contributed by atoms with van der Waals surface area (Å²) in [4.78, 5) is 20.1. The summed E-state index contributed by atoms with van der Waals surface area (Å²) in [5, 5.41) is 10.4. The van der Waals surface area contributed by atoms with E-state index in [-0.39, 0.29) is 30.4 Å². The number of aliphatic hydroxyl groups is 1. The predicted molar refractivity (Wildman–Crippen MR) is 118 cm³/mol. The van der Waals surface area contributed by atoms with Gasteiger partial charge < -0.3 is 19.5 Å². The van der Waals surface area contributed by atoms with Crippen molar-refractivity contribution < 1.29 is 19.4 Å². The Morgan fingerprint density at radius 1 is 1.00 bits per heavy atom. The maximum atomic E-state index is 13.2. The topological polar surface area (TPSA) is 65.5 Å². The molecule has 0 saturated carbocycles. The molecule has 2 atom stereocenters. The number of aliphatic hydroxyl groups excluding tert-OH is 1. The SMILES string of the molecule is O=C(Cc1ccccc1)N1C[C@@H]2C[C@@H](O)CN2C2(CN(Cc3ccc4c(c3)OCO4)C2)C1. The number of carbonyl (C=O) groups excluding carboxylic acids is 1. The summed E-state index contributed by atoms with van der Waals surface area (Å²) in [7, 11) is 0. The van der Waals surface area contributed by atoms with Crippen LogP contribution < -0.4 is 9.47 Å². The average Bonchev–Trinajstić information content (AvgIpc) is 3.38. The molecular formula is C25H29N3O4. The van der Waals surface area contributed by atoms with E-state index >= 15 is 0 Å². The first-order valence-corrected chi connectivity index (χ1v) is 11.5. The van der Waals surface area contributed by atoms with Crippen LogP contribution in [0.1, 0.15) is 17.5 Å². The maximum absolute atomic E-state index is 13.2. The summed E-state index contributed by atoms with van der Waals surface area (Å²) in [6.45, 7) is 5.10. The number of nitrogens with zero attached hydrogens (tertiary/aromatic N) is 3. The molecule has 0 bridgehead atoms. The smallest absolute Gasteiger partial charge is 0.231 e. The molecule has 4 aliphatic heterocycles. The zero-order chi connectivity index (χ0) is 21.7. The lowest BCUT2D eigenvalue weighted by Gasteiger charge is -2.61. The molecule has 32 heavy (non-hydrogen) atoms. The largest absolute Gasteiger partial charge is 0.454 e. The first-order valence-electron chi connectivity index (χ1n) is 11.5. The van der Waals surface area contributed by atoms with Gasteiger partial charge >= 0.3 is 0 Å². The minimum Gasteiger partial charge on any atom is -0.454 e. The molecule has 7 heteroatoms. The second-order valence-corrected chi connectivity index (χ2v) is 9.69. The van der Waals surface area contributed by atoms with Crippen LogP contribution in [0.4, 0.5) is 0 Å². The molecule has 2 aromatic rings. The van der Waals surface area contributed by atoms with E-state index in [2.05, 4.69) is 21.9 Å². The summed E-state index contributed by atoms with van der Waals surface area (Å²) >= 11 is 0. The number of amides is 1. The summed E-state index contributed by atoms with van der Waals surface area (Å²) in [6, 6.07) is 16.3. The number of hydrogen-bond donors (Lipinski definition) is 1. The van der Waals surface area contributed by atoms with Gasteiger partial charge in [0.15, 0.2) is 11.5 Å². The second-order valence-electron chi connectivity index (χ2n) is 9.69. The quantitative estimate of drug-likeness (QED) is 0.785. The zero-order valence-corrected chi connectivity index (χ0v) is 18.2. The summed E-state index contributed by atoms with van der Waals surface area (Å²) in [6.07, 6.45) is 0.885. The molecule has 7 nitrogen and oxygen atoms in total. The third-order valence-electron chi connectivity index (χ3n) is 7.35. The highest BCUT2D eigenvalue weighted by atomic mass is 16.7. The van der Waals surface area contributed by atoms with Gasteiger partial charge in [0.25, 0.3) is 0 Å². The number of β-amino-alcohol motifs (C(OH)–C–C–N with tert-alkyl or cyclic N) is 1. The van der Waals surface area contributed by atoms with Gasteiger partial charge in [-0.05, 0) is 29.7 Å². The molecule has 1 spiro atoms. The minimum atomic E-state index is -0.302. The van der Waals surface area contributed by atoms with Gasteiger partial charge in [-0.15, -0.1) is 0 Å². The third kappa shape index (κ3) is 3.54. The van der Waals surface area contributed by atoms with Gasteiger partial charge in [0.05, 0.1) is 18.1 Å². The van der Waals surface area contributed by atoms with Crippen LogP contribution in [0.5, 0.6) is 11.5 Å². The molecule has 168 valence electrons. The molecule has 4 aliphatic rings. The van der Waals surface area contributed by atoms with Gasteiger partial charge in [0.2, 0.25) is 12.7 Å². The van der Waals surface area contributed by atoms with Crippen molar-refractivity contribution in [3.05, 3.63) is 59.7 Å². The fourth-order valence-corrected chi connectivity index (χ4v) is 5.96. The monoisotopic (exact) mass is 435 g/mol. The fraction of sp³-hybridized carbons (Fsp3) is 0.480. The van der Waals surface area contributed by atoms with Crippen LogP contribution in [0.25, 0.3) is 0 Å². The Hall–Kier alpha value is -2.61. The number of fused-ring (bicyclic) bond motifs is 3. The first kappa shape index (κ1) is 20.0. The molecule has 2 aromatic carbocycles. The van der Waals surface area contributed by atoms with Gasteiger partial charge in [-0.3, -0.25) is 14.6 Å². The van der Waals surface area contributed by atoms with Gasteiger partial charge in [0, 0.05) is 45.3 Å². The van der Waals surface area contributed by atoms with Crippen molar-refractivity contribution >= 4 is 5.91 Å². The third-order valence-corrected chi connectivity index (χ3v) is 7.35. The van der Waals surface area contributed by atoms with Gasteiger partial charge in [-0.25, -0.2) is 0 Å². The highest BCUT2D eigenvalue weighted by Gasteiger charge is 2.56. The lowest BCUT2D eigenvalue weighted by molar-refractivity contribution is -0.150. The van der Waals surface area contributed by atoms with Crippen molar-refractivity contribution in [3.8, 4) is 11.5 Å². The fourth-order valence-electron chi connectivity index (χ4n) is 5.96. The molecule has 3 fully saturated rings. The van der Waals surface area contributed by atoms with Crippen LogP contribution in [-0.4, -0.2) is 82.9 Å². The van der Waals surface area contributed by atoms with Crippen molar-refractivity contribution in [1.29, 1.82) is 0 Å². The van der Waals surface area contributed by atoms with E-state index < -0.39 is 0 Å². The van der Waals surface area contributed by atoms with Crippen molar-refractivity contribution in [2.45, 2.75) is 37.1 Å². The Balaban J connectivity index is 1.15. The molecule has 0 aromatic heterocycles. The standard InChI is InChI=1S/C25H29N3O4/c29-21-10-20-12-27(24(30)9-18-4-2-1-3-5-18)16-25(28(20)13-21)14-26(15-25)11-19-6-7-22-23(8-19)32-17-31-22/h1-8,20-21,29H,9-17H2/t20-,21+/m0/s1. The number of hydrogen-bond acceptors (Lipinski definition) is 6. The summed E-state index contributed by atoms with van der Waals surface area (Å²) < 4.78 is 10.9. The van der Waals surface area contributed by atoms with E-state index in [1.807, 2.05) is 41.3 Å². The number of carbonyl (C=O) groups is 1. The molecule has 0 radical (unpaired) electrons. The second kappa shape index (κ2) is 7.76. The Morgan fingerprint density at radius 3 is 2.66 bits per heavy atom. The number of likely N-dealkylation sites (tertiary alicyclic amines) is 1. The van der Waals surface area contributed by atoms with E-state index in [0.29, 0.717) is 19.5 Å². The highest BCUT2D eigenvalue weighted by Crippen LogP contribution is 2.40. The Kier molecular flexibility index (Phi) is 4.86. The molecule has 6 rings (SSSR count). The van der Waals surface area contributed by atoms with E-state index in [0.717, 1.165) is 49.7 Å². The highest BCUT2D eigenvalue weighted by molar-refractivity contribution is 5.79. The normalized spacial score (nSPS) is 26.2. The van der Waals surface area contributed by atoms with E-state index in [9.17, 15) is 9.90 Å². The number of piperazine rings is 1. The maximum Gasteiger partial charge on any atom is 0.231 e. The van der Waals surface area contributed by atoms with Crippen molar-refractivity contribution in [1.82, 2.24) is 14.7 Å². The number of rotatable bonds is 4. The lowest BCUT2D eigenvalue weighted by atomic mass is 9.83. The van der Waals surface area contributed by atoms with E-state index in [1.54, 1.807) is 0 Å². The van der Waals surface area contributed by atoms with Crippen LogP contribution in [-0.2, 0) is 17.8 Å². The molecule has 3 saturated heterocycles. The molecule has 0 aliphatic carbocycles. The van der Waals surface area contributed by atoms with Crippen molar-refractivity contribution in [2.75, 3.05) is 39.5 Å². The van der Waals surface area contributed by atoms with E-state index in [4.69, 9.17) is 9.47 Å². The number of ether oxygens (including phenoxy) is 2. The average molecular weight is 436 g/mol. The van der Waals surface area contributed by atoms with Crippen LogP contribution in [0.15, 0.2) is 48.5 Å². The van der Waals surface area contributed by atoms with Gasteiger partial charge in [-0.2, -0.15) is 0 Å². The lowest BCUT2D eigenvalue weighted by Crippen LogP contribution is -2.78. The number of benzene rings is 2. The van der Waals surface area contributed by atoms with Gasteiger partial charge in [-0.1, -0.05) is 36.4 Å². The zero-order valence-electron chi connectivity index (χ0n) is 18.2. The van der Waals surface area contributed by atoms with Crippen molar-refractivity contribution in [2.24, 2.45) is 0 Å². The van der Waals surface area contributed by atoms with Crippen LogP contribution in [0.2, 0.25) is 0 Å². The molecule has 4 heterocycles. The molecule has 1 N–H and O–H groups in total. The summed E-state index contributed by atoms with van der Waals surface area (Å²) in [5.41, 5.74) is 2.19. The minimum absolute atomic E-state index is 0.0664. The van der Waals surface area contributed by atoms with E-state index in [1.165, 1.54) is 5.56 Å². The van der Waals surface area contributed by atoms with Crippen LogP contribution >= 0.6 is 0 Å².